The molecule has 25 heavy (non-hydrogen) atoms. The molecule has 3 rings (SSSR count). The van der Waals surface area contributed by atoms with Crippen LogP contribution in [0.1, 0.15) is 50.2 Å². The van der Waals surface area contributed by atoms with E-state index < -0.39 is 9.84 Å². The van der Waals surface area contributed by atoms with E-state index in [1.807, 2.05) is 19.1 Å². The number of aryl methyl sites for hydroxylation is 1. The van der Waals surface area contributed by atoms with E-state index in [0.717, 1.165) is 24.2 Å². The Bertz CT molecular complexity index is 753. The van der Waals surface area contributed by atoms with Crippen LogP contribution in [0.25, 0.3) is 0 Å². The number of rotatable bonds is 6. The minimum absolute atomic E-state index is 0.0323. The molecule has 1 unspecified atom stereocenters. The van der Waals surface area contributed by atoms with Crippen LogP contribution in [-0.4, -0.2) is 49.4 Å². The molecule has 0 bridgehead atoms. The monoisotopic (exact) mass is 365 g/mol. The standard InChI is InChI=1S/C19H27NO4S/c1-13(2)15-5-4-14(3)18(10-15)24-11-19(21)20(16-6-7-16)17-8-9-25(22,23)12-17/h4-5,10,13,16-17H,6-9,11-12H2,1-3H3. The number of carbonyl (C=O) groups excluding carboxylic acids is 1. The van der Waals surface area contributed by atoms with Crippen LogP contribution in [0.15, 0.2) is 18.2 Å². The van der Waals surface area contributed by atoms with Crippen molar-refractivity contribution in [2.45, 2.75) is 58.0 Å². The first-order valence-electron chi connectivity index (χ1n) is 9.02. The third-order valence-electron chi connectivity index (χ3n) is 5.06. The average Bonchev–Trinajstić information content (AvgIpc) is 3.30. The molecule has 2 fully saturated rings. The number of carbonyl (C=O) groups is 1. The molecule has 0 spiro atoms. The maximum atomic E-state index is 12.7. The zero-order valence-corrected chi connectivity index (χ0v) is 16.0. The first kappa shape index (κ1) is 18.2. The molecule has 0 aromatic heterocycles. The normalized spacial score (nSPS) is 22.2. The highest BCUT2D eigenvalue weighted by atomic mass is 32.2. The van der Waals surface area contributed by atoms with Crippen molar-refractivity contribution in [3.05, 3.63) is 29.3 Å². The zero-order chi connectivity index (χ0) is 18.2. The van der Waals surface area contributed by atoms with Gasteiger partial charge in [0.05, 0.1) is 11.5 Å². The smallest absolute Gasteiger partial charge is 0.261 e. The second kappa shape index (κ2) is 6.98. The molecule has 5 nitrogen and oxygen atoms in total. The van der Waals surface area contributed by atoms with Crippen LogP contribution in [0.5, 0.6) is 5.75 Å². The van der Waals surface area contributed by atoms with Crippen molar-refractivity contribution in [3.8, 4) is 5.75 Å². The van der Waals surface area contributed by atoms with Crippen molar-refractivity contribution in [3.63, 3.8) is 0 Å². The van der Waals surface area contributed by atoms with Crippen molar-refractivity contribution in [2.75, 3.05) is 18.1 Å². The molecule has 1 heterocycles. The number of nitrogens with zero attached hydrogens (tertiary/aromatic N) is 1. The van der Waals surface area contributed by atoms with Crippen molar-refractivity contribution in [1.82, 2.24) is 4.90 Å². The van der Waals surface area contributed by atoms with Gasteiger partial charge in [-0.2, -0.15) is 0 Å². The van der Waals surface area contributed by atoms with Crippen LogP contribution in [0.4, 0.5) is 0 Å². The summed E-state index contributed by atoms with van der Waals surface area (Å²) in [5.74, 6) is 1.31. The summed E-state index contributed by atoms with van der Waals surface area (Å²) < 4.78 is 29.4. The lowest BCUT2D eigenvalue weighted by molar-refractivity contribution is -0.135. The molecule has 0 N–H and O–H groups in total. The summed E-state index contributed by atoms with van der Waals surface area (Å²) in [7, 11) is -3.00. The Morgan fingerprint density at radius 3 is 2.52 bits per heavy atom. The van der Waals surface area contributed by atoms with Crippen molar-refractivity contribution < 1.29 is 17.9 Å². The molecule has 1 aromatic rings. The van der Waals surface area contributed by atoms with E-state index in [4.69, 9.17) is 4.74 Å². The van der Waals surface area contributed by atoms with Crippen LogP contribution in [-0.2, 0) is 14.6 Å². The number of amides is 1. The van der Waals surface area contributed by atoms with Gasteiger partial charge in [-0.05, 0) is 49.3 Å². The molecular formula is C19H27NO4S. The van der Waals surface area contributed by atoms with Gasteiger partial charge >= 0.3 is 0 Å². The van der Waals surface area contributed by atoms with Crippen molar-refractivity contribution in [2.24, 2.45) is 0 Å². The number of benzene rings is 1. The maximum absolute atomic E-state index is 12.7. The number of hydrogen-bond donors (Lipinski definition) is 0. The lowest BCUT2D eigenvalue weighted by atomic mass is 10.0. The average molecular weight is 365 g/mol. The summed E-state index contributed by atoms with van der Waals surface area (Å²) in [6.07, 6.45) is 2.47. The van der Waals surface area contributed by atoms with Crippen LogP contribution < -0.4 is 4.74 Å². The highest BCUT2D eigenvalue weighted by molar-refractivity contribution is 7.91. The Balaban J connectivity index is 1.68. The van der Waals surface area contributed by atoms with Gasteiger partial charge in [-0.1, -0.05) is 26.0 Å². The van der Waals surface area contributed by atoms with Crippen LogP contribution in [0.3, 0.4) is 0 Å². The fraction of sp³-hybridized carbons (Fsp3) is 0.632. The predicted molar refractivity (Wildman–Crippen MR) is 97.7 cm³/mol. The molecular weight excluding hydrogens is 338 g/mol. The molecule has 1 aliphatic carbocycles. The van der Waals surface area contributed by atoms with E-state index in [0.29, 0.717) is 12.3 Å². The summed E-state index contributed by atoms with van der Waals surface area (Å²) in [4.78, 5) is 14.5. The maximum Gasteiger partial charge on any atom is 0.261 e. The quantitative estimate of drug-likeness (QED) is 0.777. The van der Waals surface area contributed by atoms with Gasteiger partial charge in [-0.15, -0.1) is 0 Å². The molecule has 0 radical (unpaired) electrons. The predicted octanol–water partition coefficient (Wildman–Crippen LogP) is 2.68. The third-order valence-corrected chi connectivity index (χ3v) is 6.81. The van der Waals surface area contributed by atoms with Gasteiger partial charge in [0.2, 0.25) is 0 Å². The lowest BCUT2D eigenvalue weighted by Crippen LogP contribution is -2.45. The molecule has 1 amide bonds. The Hall–Kier alpha value is -1.56. The zero-order valence-electron chi connectivity index (χ0n) is 15.2. The Morgan fingerprint density at radius 2 is 1.96 bits per heavy atom. The fourth-order valence-electron chi connectivity index (χ4n) is 3.40. The highest BCUT2D eigenvalue weighted by Gasteiger charge is 2.42. The minimum atomic E-state index is -3.00. The molecule has 1 aliphatic heterocycles. The highest BCUT2D eigenvalue weighted by Crippen LogP contribution is 2.32. The molecule has 1 aromatic carbocycles. The van der Waals surface area contributed by atoms with Crippen LogP contribution >= 0.6 is 0 Å². The van der Waals surface area contributed by atoms with E-state index in [1.165, 1.54) is 5.56 Å². The van der Waals surface area contributed by atoms with Gasteiger partial charge < -0.3 is 9.64 Å². The van der Waals surface area contributed by atoms with E-state index in [9.17, 15) is 13.2 Å². The first-order chi connectivity index (χ1) is 11.8. The van der Waals surface area contributed by atoms with Crippen LogP contribution in [0.2, 0.25) is 0 Å². The van der Waals surface area contributed by atoms with Gasteiger partial charge in [-0.25, -0.2) is 8.42 Å². The van der Waals surface area contributed by atoms with E-state index in [1.54, 1.807) is 4.90 Å². The topological polar surface area (TPSA) is 63.7 Å². The summed E-state index contributed by atoms with van der Waals surface area (Å²) in [5, 5.41) is 0. The second-order valence-electron chi connectivity index (χ2n) is 7.56. The first-order valence-corrected chi connectivity index (χ1v) is 10.8. The summed E-state index contributed by atoms with van der Waals surface area (Å²) in [6.45, 7) is 6.17. The summed E-state index contributed by atoms with van der Waals surface area (Å²) in [6, 6.07) is 6.09. The molecule has 1 atom stereocenters. The van der Waals surface area contributed by atoms with E-state index >= 15 is 0 Å². The fourth-order valence-corrected chi connectivity index (χ4v) is 5.11. The van der Waals surface area contributed by atoms with Gasteiger partial charge in [-0.3, -0.25) is 4.79 Å². The summed E-state index contributed by atoms with van der Waals surface area (Å²) in [5.41, 5.74) is 2.17. The molecule has 1 saturated heterocycles. The minimum Gasteiger partial charge on any atom is -0.483 e. The number of hydrogen-bond acceptors (Lipinski definition) is 4. The largest absolute Gasteiger partial charge is 0.483 e. The van der Waals surface area contributed by atoms with Gasteiger partial charge in [0.15, 0.2) is 16.4 Å². The van der Waals surface area contributed by atoms with Crippen molar-refractivity contribution in [1.29, 1.82) is 0 Å². The number of sulfone groups is 1. The Morgan fingerprint density at radius 1 is 1.24 bits per heavy atom. The van der Waals surface area contributed by atoms with E-state index in [-0.39, 0.29) is 36.1 Å². The van der Waals surface area contributed by atoms with Gasteiger partial charge in [0, 0.05) is 12.1 Å². The third kappa shape index (κ3) is 4.35. The van der Waals surface area contributed by atoms with Gasteiger partial charge in [0.25, 0.3) is 5.91 Å². The Labute approximate surface area is 150 Å². The molecule has 138 valence electrons. The van der Waals surface area contributed by atoms with Crippen LogP contribution in [0, 0.1) is 6.92 Å². The van der Waals surface area contributed by atoms with Gasteiger partial charge in [0.1, 0.15) is 5.75 Å². The SMILES string of the molecule is Cc1ccc(C(C)C)cc1OCC(=O)N(C1CC1)C1CCS(=O)(=O)C1. The molecule has 1 saturated carbocycles. The van der Waals surface area contributed by atoms with Crippen molar-refractivity contribution >= 4 is 15.7 Å². The van der Waals surface area contributed by atoms with E-state index in [2.05, 4.69) is 19.9 Å². The lowest BCUT2D eigenvalue weighted by Gasteiger charge is -2.28. The number of ether oxygens (including phenoxy) is 1. The second-order valence-corrected chi connectivity index (χ2v) is 9.79. The molecule has 6 heteroatoms. The Kier molecular flexibility index (Phi) is 5.09. The summed E-state index contributed by atoms with van der Waals surface area (Å²) >= 11 is 0. The molecule has 2 aliphatic rings.